The minimum absolute atomic E-state index is 0.0186. The number of rotatable bonds is 6. The number of carboxylic acid groups (broad SMARTS) is 1. The summed E-state index contributed by atoms with van der Waals surface area (Å²) in [5.41, 5.74) is 2.44. The van der Waals surface area contributed by atoms with Crippen molar-refractivity contribution >= 4 is 28.9 Å². The molecule has 0 atom stereocenters. The number of hydrogen-bond acceptors (Lipinski definition) is 5. The van der Waals surface area contributed by atoms with Crippen molar-refractivity contribution < 1.29 is 14.6 Å². The summed E-state index contributed by atoms with van der Waals surface area (Å²) >= 11 is 1.19. The maximum absolute atomic E-state index is 10.7. The van der Waals surface area contributed by atoms with Gasteiger partial charge in [0.25, 0.3) is 0 Å². The third-order valence-corrected chi connectivity index (χ3v) is 3.50. The number of thioether (sulfide) groups is 1. The summed E-state index contributed by atoms with van der Waals surface area (Å²) in [5.74, 6) is -0.880. The summed E-state index contributed by atoms with van der Waals surface area (Å²) in [6.45, 7) is 3.05. The van der Waals surface area contributed by atoms with Crippen molar-refractivity contribution in [3.05, 3.63) is 17.8 Å². The molecular formula is C12H15N3O3S. The summed E-state index contributed by atoms with van der Waals surface area (Å²) < 4.78 is 6.98. The molecule has 102 valence electrons. The fourth-order valence-electron chi connectivity index (χ4n) is 1.70. The van der Waals surface area contributed by atoms with E-state index in [-0.39, 0.29) is 5.75 Å². The Morgan fingerprint density at radius 3 is 2.95 bits per heavy atom. The van der Waals surface area contributed by atoms with Gasteiger partial charge in [0.1, 0.15) is 5.52 Å². The first kappa shape index (κ1) is 13.8. The Kier molecular flexibility index (Phi) is 4.39. The van der Waals surface area contributed by atoms with Crippen LogP contribution in [0.5, 0.6) is 0 Å². The number of aliphatic carboxylic acids is 1. The minimum Gasteiger partial charge on any atom is -0.481 e. The van der Waals surface area contributed by atoms with Crippen LogP contribution < -0.4 is 0 Å². The highest BCUT2D eigenvalue weighted by atomic mass is 32.2. The van der Waals surface area contributed by atoms with Crippen LogP contribution in [0.25, 0.3) is 11.2 Å². The number of carbonyl (C=O) groups is 1. The number of carboxylic acids is 1. The van der Waals surface area contributed by atoms with Crippen molar-refractivity contribution in [3.8, 4) is 0 Å². The highest BCUT2D eigenvalue weighted by Crippen LogP contribution is 2.23. The van der Waals surface area contributed by atoms with E-state index in [0.29, 0.717) is 18.3 Å². The van der Waals surface area contributed by atoms with Crippen molar-refractivity contribution in [2.75, 3.05) is 19.5 Å². The number of methoxy groups -OCH3 is 1. The van der Waals surface area contributed by atoms with Crippen LogP contribution in [0.1, 0.15) is 5.69 Å². The third kappa shape index (κ3) is 3.24. The Balaban J connectivity index is 2.39. The molecule has 2 aromatic rings. The van der Waals surface area contributed by atoms with Crippen LogP contribution in [0, 0.1) is 6.92 Å². The standard InChI is InChI=1S/C12H15N3O3S/c1-8-3-4-9-11(13-8)15(5-6-18-2)12(14-9)19-7-10(16)17/h3-4H,5-7H2,1-2H3,(H,16,17). The van der Waals surface area contributed by atoms with E-state index in [1.54, 1.807) is 7.11 Å². The fraction of sp³-hybridized carbons (Fsp3) is 0.417. The topological polar surface area (TPSA) is 77.2 Å². The van der Waals surface area contributed by atoms with Gasteiger partial charge in [-0.2, -0.15) is 0 Å². The first-order valence-corrected chi connectivity index (χ1v) is 6.78. The number of fused-ring (bicyclic) bond motifs is 1. The van der Waals surface area contributed by atoms with E-state index in [0.717, 1.165) is 16.9 Å². The molecule has 0 aliphatic rings. The second-order valence-corrected chi connectivity index (χ2v) is 4.96. The van der Waals surface area contributed by atoms with Crippen molar-refractivity contribution in [1.29, 1.82) is 0 Å². The molecular weight excluding hydrogens is 266 g/mol. The average Bonchev–Trinajstić information content (AvgIpc) is 2.71. The predicted octanol–water partition coefficient (Wildman–Crippen LogP) is 1.56. The first-order chi connectivity index (χ1) is 9.11. The molecule has 0 bridgehead atoms. The van der Waals surface area contributed by atoms with Crippen LogP contribution in [0.15, 0.2) is 17.3 Å². The molecule has 19 heavy (non-hydrogen) atoms. The highest BCUT2D eigenvalue weighted by Gasteiger charge is 2.13. The van der Waals surface area contributed by atoms with E-state index >= 15 is 0 Å². The molecule has 2 rings (SSSR count). The molecule has 2 heterocycles. The number of nitrogens with zero attached hydrogens (tertiary/aromatic N) is 3. The SMILES string of the molecule is COCCn1c(SCC(=O)O)nc2ccc(C)nc21. The van der Waals surface area contributed by atoms with Crippen LogP contribution >= 0.6 is 11.8 Å². The third-order valence-electron chi connectivity index (χ3n) is 2.54. The van der Waals surface area contributed by atoms with E-state index in [1.807, 2.05) is 23.6 Å². The van der Waals surface area contributed by atoms with Gasteiger partial charge in [0.2, 0.25) is 0 Å². The molecule has 0 aliphatic heterocycles. The molecule has 0 aliphatic carbocycles. The molecule has 6 nitrogen and oxygen atoms in total. The first-order valence-electron chi connectivity index (χ1n) is 5.79. The summed E-state index contributed by atoms with van der Waals surface area (Å²) in [5, 5.41) is 9.42. The molecule has 0 radical (unpaired) electrons. The van der Waals surface area contributed by atoms with Crippen molar-refractivity contribution in [2.24, 2.45) is 0 Å². The number of aryl methyl sites for hydroxylation is 1. The predicted molar refractivity (Wildman–Crippen MR) is 72.5 cm³/mol. The summed E-state index contributed by atoms with van der Waals surface area (Å²) in [6, 6.07) is 3.79. The Labute approximate surface area is 114 Å². The Morgan fingerprint density at radius 2 is 2.26 bits per heavy atom. The molecule has 0 aromatic carbocycles. The molecule has 0 unspecified atom stereocenters. The number of ether oxygens (including phenoxy) is 1. The van der Waals surface area contributed by atoms with Gasteiger partial charge in [-0.05, 0) is 19.1 Å². The maximum Gasteiger partial charge on any atom is 0.313 e. The molecule has 0 spiro atoms. The van der Waals surface area contributed by atoms with Gasteiger partial charge in [-0.3, -0.25) is 4.79 Å². The highest BCUT2D eigenvalue weighted by molar-refractivity contribution is 7.99. The quantitative estimate of drug-likeness (QED) is 0.810. The van der Waals surface area contributed by atoms with Gasteiger partial charge in [0, 0.05) is 12.8 Å². The molecule has 0 saturated carbocycles. The monoisotopic (exact) mass is 281 g/mol. The van der Waals surface area contributed by atoms with Gasteiger partial charge in [-0.15, -0.1) is 0 Å². The lowest BCUT2D eigenvalue weighted by atomic mass is 10.3. The van der Waals surface area contributed by atoms with E-state index in [4.69, 9.17) is 9.84 Å². The van der Waals surface area contributed by atoms with E-state index in [2.05, 4.69) is 9.97 Å². The Bertz CT molecular complexity index is 597. The fourth-order valence-corrected chi connectivity index (χ4v) is 2.45. The second kappa shape index (κ2) is 6.03. The number of imidazole rings is 1. The van der Waals surface area contributed by atoms with Gasteiger partial charge in [-0.25, -0.2) is 9.97 Å². The molecule has 7 heteroatoms. The molecule has 0 saturated heterocycles. The van der Waals surface area contributed by atoms with Crippen molar-refractivity contribution in [1.82, 2.24) is 14.5 Å². The summed E-state index contributed by atoms with van der Waals surface area (Å²) in [6.07, 6.45) is 0. The van der Waals surface area contributed by atoms with Gasteiger partial charge in [0.15, 0.2) is 10.8 Å². The van der Waals surface area contributed by atoms with Crippen molar-refractivity contribution in [3.63, 3.8) is 0 Å². The average molecular weight is 281 g/mol. The minimum atomic E-state index is -0.862. The van der Waals surface area contributed by atoms with E-state index in [9.17, 15) is 4.79 Å². The van der Waals surface area contributed by atoms with Crippen LogP contribution in [-0.2, 0) is 16.1 Å². The van der Waals surface area contributed by atoms with Crippen molar-refractivity contribution in [2.45, 2.75) is 18.6 Å². The zero-order chi connectivity index (χ0) is 13.8. The molecule has 0 fully saturated rings. The van der Waals surface area contributed by atoms with Crippen LogP contribution in [-0.4, -0.2) is 45.1 Å². The maximum atomic E-state index is 10.7. The van der Waals surface area contributed by atoms with E-state index in [1.165, 1.54) is 11.8 Å². The molecule has 0 amide bonds. The number of aromatic nitrogens is 3. The number of pyridine rings is 1. The summed E-state index contributed by atoms with van der Waals surface area (Å²) in [7, 11) is 1.63. The Hall–Kier alpha value is -1.60. The van der Waals surface area contributed by atoms with Gasteiger partial charge in [0.05, 0.1) is 18.9 Å². The Morgan fingerprint density at radius 1 is 1.47 bits per heavy atom. The number of hydrogen-bond donors (Lipinski definition) is 1. The summed E-state index contributed by atoms with van der Waals surface area (Å²) in [4.78, 5) is 19.6. The lowest BCUT2D eigenvalue weighted by Gasteiger charge is -2.06. The normalized spacial score (nSPS) is 11.1. The van der Waals surface area contributed by atoms with E-state index < -0.39 is 5.97 Å². The zero-order valence-corrected chi connectivity index (χ0v) is 11.6. The zero-order valence-electron chi connectivity index (χ0n) is 10.8. The van der Waals surface area contributed by atoms with Gasteiger partial charge in [-0.1, -0.05) is 11.8 Å². The van der Waals surface area contributed by atoms with Crippen LogP contribution in [0.2, 0.25) is 0 Å². The largest absolute Gasteiger partial charge is 0.481 e. The smallest absolute Gasteiger partial charge is 0.313 e. The van der Waals surface area contributed by atoms with Gasteiger partial charge >= 0.3 is 5.97 Å². The van der Waals surface area contributed by atoms with Gasteiger partial charge < -0.3 is 14.4 Å². The van der Waals surface area contributed by atoms with Crippen LogP contribution in [0.4, 0.5) is 0 Å². The lowest BCUT2D eigenvalue weighted by Crippen LogP contribution is -2.08. The lowest BCUT2D eigenvalue weighted by molar-refractivity contribution is -0.133. The van der Waals surface area contributed by atoms with Crippen LogP contribution in [0.3, 0.4) is 0 Å². The second-order valence-electron chi connectivity index (χ2n) is 4.02. The molecule has 2 aromatic heterocycles. The molecule has 1 N–H and O–H groups in total.